The summed E-state index contributed by atoms with van der Waals surface area (Å²) in [5.41, 5.74) is 7.53. The highest BCUT2D eigenvalue weighted by atomic mass is 35.5. The van der Waals surface area contributed by atoms with Crippen LogP contribution in [0.1, 0.15) is 38.9 Å². The van der Waals surface area contributed by atoms with Crippen molar-refractivity contribution in [2.45, 2.75) is 26.8 Å². The van der Waals surface area contributed by atoms with Gasteiger partial charge < -0.3 is 11.1 Å². The van der Waals surface area contributed by atoms with Gasteiger partial charge in [0, 0.05) is 10.6 Å². The second-order valence-corrected chi connectivity index (χ2v) is 6.26. The minimum Gasteiger partial charge on any atom is -0.399 e. The smallest absolute Gasteiger partial charge is 0.253 e. The molecule has 4 nitrogen and oxygen atoms in total. The molecule has 0 fully saturated rings. The molecule has 1 aromatic heterocycles. The van der Waals surface area contributed by atoms with Crippen molar-refractivity contribution >= 4 is 34.5 Å². The molecule has 0 aliphatic rings. The molecule has 1 amide bonds. The fraction of sp³-hybridized carbons (Fsp3) is 0.286. The van der Waals surface area contributed by atoms with Crippen LogP contribution < -0.4 is 11.1 Å². The number of carbonyl (C=O) groups is 1. The lowest BCUT2D eigenvalue weighted by atomic mass is 10.1. The molecule has 1 heterocycles. The van der Waals surface area contributed by atoms with Crippen LogP contribution in [-0.2, 0) is 0 Å². The molecule has 0 saturated carbocycles. The molecule has 2 aromatic rings. The normalized spacial score (nSPS) is 12.2. The molecule has 1 unspecified atom stereocenters. The summed E-state index contributed by atoms with van der Waals surface area (Å²) < 4.78 is 0. The van der Waals surface area contributed by atoms with E-state index in [0.717, 1.165) is 15.6 Å². The van der Waals surface area contributed by atoms with Crippen LogP contribution in [-0.4, -0.2) is 10.9 Å². The first kappa shape index (κ1) is 14.8. The van der Waals surface area contributed by atoms with E-state index in [2.05, 4.69) is 10.3 Å². The summed E-state index contributed by atoms with van der Waals surface area (Å²) in [6.45, 7) is 5.82. The Kier molecular flexibility index (Phi) is 4.30. The Morgan fingerprint density at radius 3 is 2.75 bits per heavy atom. The lowest BCUT2D eigenvalue weighted by Crippen LogP contribution is -2.26. The summed E-state index contributed by atoms with van der Waals surface area (Å²) >= 11 is 7.61. The number of nitrogens with one attached hydrogen (secondary N) is 1. The minimum atomic E-state index is -0.236. The molecule has 1 aromatic carbocycles. The Hall–Kier alpha value is -1.59. The molecule has 0 aliphatic heterocycles. The predicted octanol–water partition coefficient (Wildman–Crippen LogP) is 3.49. The van der Waals surface area contributed by atoms with Crippen molar-refractivity contribution in [2.24, 2.45) is 0 Å². The third kappa shape index (κ3) is 3.11. The second-order valence-electron chi connectivity index (χ2n) is 4.62. The number of rotatable bonds is 3. The van der Waals surface area contributed by atoms with Crippen LogP contribution in [0.15, 0.2) is 18.2 Å². The highest BCUT2D eigenvalue weighted by Crippen LogP contribution is 2.25. The maximum atomic E-state index is 12.3. The Morgan fingerprint density at radius 2 is 2.15 bits per heavy atom. The zero-order valence-electron chi connectivity index (χ0n) is 11.5. The van der Waals surface area contributed by atoms with Crippen LogP contribution >= 0.6 is 22.9 Å². The lowest BCUT2D eigenvalue weighted by Gasteiger charge is -2.14. The summed E-state index contributed by atoms with van der Waals surface area (Å²) in [6, 6.07) is 4.75. The predicted molar refractivity (Wildman–Crippen MR) is 83.3 cm³/mol. The SMILES string of the molecule is Cc1nc(C)c(C(C)NC(=O)c2cc(N)ccc2Cl)s1. The maximum Gasteiger partial charge on any atom is 0.253 e. The van der Waals surface area contributed by atoms with Crippen molar-refractivity contribution in [1.29, 1.82) is 0 Å². The molecule has 3 N–H and O–H groups in total. The van der Waals surface area contributed by atoms with E-state index in [1.54, 1.807) is 29.5 Å². The second kappa shape index (κ2) is 5.81. The number of thiazole rings is 1. The monoisotopic (exact) mass is 309 g/mol. The van der Waals surface area contributed by atoms with Gasteiger partial charge in [-0.1, -0.05) is 11.6 Å². The quantitative estimate of drug-likeness (QED) is 0.853. The lowest BCUT2D eigenvalue weighted by molar-refractivity contribution is 0.0940. The Bertz CT molecular complexity index is 654. The van der Waals surface area contributed by atoms with Gasteiger partial charge in [-0.2, -0.15) is 0 Å². The Morgan fingerprint density at radius 1 is 1.45 bits per heavy atom. The highest BCUT2D eigenvalue weighted by molar-refractivity contribution is 7.11. The van der Waals surface area contributed by atoms with Crippen molar-refractivity contribution in [3.05, 3.63) is 44.4 Å². The number of hydrogen-bond donors (Lipinski definition) is 2. The van der Waals surface area contributed by atoms with Crippen LogP contribution in [0.2, 0.25) is 5.02 Å². The third-order valence-corrected chi connectivity index (χ3v) is 4.50. The topological polar surface area (TPSA) is 68.0 Å². The fourth-order valence-electron chi connectivity index (χ4n) is 2.01. The molecular formula is C14H16ClN3OS. The maximum absolute atomic E-state index is 12.3. The van der Waals surface area contributed by atoms with E-state index in [1.807, 2.05) is 20.8 Å². The minimum absolute atomic E-state index is 0.119. The fourth-order valence-corrected chi connectivity index (χ4v) is 3.14. The standard InChI is InChI=1S/C14H16ClN3OS/c1-7-13(20-9(3)17-7)8(2)18-14(19)11-6-10(16)4-5-12(11)15/h4-6,8H,16H2,1-3H3,(H,18,19). The third-order valence-electron chi connectivity index (χ3n) is 2.92. The number of benzene rings is 1. The first-order valence-corrected chi connectivity index (χ1v) is 7.37. The summed E-state index contributed by atoms with van der Waals surface area (Å²) in [4.78, 5) is 17.7. The number of hydrogen-bond acceptors (Lipinski definition) is 4. The number of carbonyl (C=O) groups excluding carboxylic acids is 1. The zero-order chi connectivity index (χ0) is 14.9. The van der Waals surface area contributed by atoms with Crippen LogP contribution in [0.5, 0.6) is 0 Å². The van der Waals surface area contributed by atoms with E-state index in [0.29, 0.717) is 16.3 Å². The number of nitrogens with zero attached hydrogens (tertiary/aromatic N) is 1. The molecule has 0 saturated heterocycles. The first-order valence-electron chi connectivity index (χ1n) is 6.18. The molecular weight excluding hydrogens is 294 g/mol. The molecule has 2 rings (SSSR count). The van der Waals surface area contributed by atoms with Crippen molar-refractivity contribution in [1.82, 2.24) is 10.3 Å². The Balaban J connectivity index is 2.19. The zero-order valence-corrected chi connectivity index (χ0v) is 13.1. The number of nitrogens with two attached hydrogens (primary N) is 1. The van der Waals surface area contributed by atoms with Gasteiger partial charge in [-0.15, -0.1) is 11.3 Å². The molecule has 0 bridgehead atoms. The molecule has 106 valence electrons. The van der Waals surface area contributed by atoms with E-state index >= 15 is 0 Å². The molecule has 20 heavy (non-hydrogen) atoms. The largest absolute Gasteiger partial charge is 0.399 e. The number of aromatic nitrogens is 1. The van der Waals surface area contributed by atoms with Gasteiger partial charge in [-0.3, -0.25) is 4.79 Å². The molecule has 0 spiro atoms. The van der Waals surface area contributed by atoms with Gasteiger partial charge in [0.25, 0.3) is 5.91 Å². The van der Waals surface area contributed by atoms with Crippen LogP contribution in [0.3, 0.4) is 0 Å². The molecule has 1 atom stereocenters. The highest BCUT2D eigenvalue weighted by Gasteiger charge is 2.18. The van der Waals surface area contributed by atoms with Crippen molar-refractivity contribution in [3.63, 3.8) is 0 Å². The Labute approximate surface area is 127 Å². The number of amides is 1. The number of anilines is 1. The number of halogens is 1. The molecule has 0 aliphatic carbocycles. The van der Waals surface area contributed by atoms with Crippen molar-refractivity contribution in [3.8, 4) is 0 Å². The van der Waals surface area contributed by atoms with Gasteiger partial charge in [0.15, 0.2) is 0 Å². The summed E-state index contributed by atoms with van der Waals surface area (Å²) in [5.74, 6) is -0.236. The summed E-state index contributed by atoms with van der Waals surface area (Å²) in [6.07, 6.45) is 0. The molecule has 0 radical (unpaired) electrons. The van der Waals surface area contributed by atoms with Gasteiger partial charge >= 0.3 is 0 Å². The first-order chi connectivity index (χ1) is 9.38. The van der Waals surface area contributed by atoms with Gasteiger partial charge in [0.2, 0.25) is 0 Å². The van der Waals surface area contributed by atoms with E-state index in [9.17, 15) is 4.79 Å². The van der Waals surface area contributed by atoms with Crippen LogP contribution in [0.4, 0.5) is 5.69 Å². The van der Waals surface area contributed by atoms with E-state index in [-0.39, 0.29) is 11.9 Å². The average Bonchev–Trinajstić information content (AvgIpc) is 2.71. The van der Waals surface area contributed by atoms with E-state index in [1.165, 1.54) is 0 Å². The van der Waals surface area contributed by atoms with Gasteiger partial charge in [0.05, 0.1) is 27.3 Å². The van der Waals surface area contributed by atoms with Gasteiger partial charge in [0.1, 0.15) is 0 Å². The summed E-state index contributed by atoms with van der Waals surface area (Å²) in [5, 5.41) is 4.30. The van der Waals surface area contributed by atoms with E-state index in [4.69, 9.17) is 17.3 Å². The van der Waals surface area contributed by atoms with E-state index < -0.39 is 0 Å². The van der Waals surface area contributed by atoms with Crippen LogP contribution in [0.25, 0.3) is 0 Å². The van der Waals surface area contributed by atoms with Gasteiger partial charge in [-0.05, 0) is 39.0 Å². The molecule has 6 heteroatoms. The number of aryl methyl sites for hydroxylation is 2. The average molecular weight is 310 g/mol. The van der Waals surface area contributed by atoms with Crippen molar-refractivity contribution < 1.29 is 4.79 Å². The van der Waals surface area contributed by atoms with Gasteiger partial charge in [-0.25, -0.2) is 4.98 Å². The number of nitrogen functional groups attached to an aromatic ring is 1. The van der Waals surface area contributed by atoms with Crippen LogP contribution in [0, 0.1) is 13.8 Å². The summed E-state index contributed by atoms with van der Waals surface area (Å²) in [7, 11) is 0. The van der Waals surface area contributed by atoms with Crippen molar-refractivity contribution in [2.75, 3.05) is 5.73 Å².